The maximum absolute atomic E-state index is 12.2. The van der Waals surface area contributed by atoms with Gasteiger partial charge < -0.3 is 19.9 Å². The van der Waals surface area contributed by atoms with E-state index in [1.54, 1.807) is 0 Å². The topological polar surface area (TPSA) is 120 Å². The zero-order valence-corrected chi connectivity index (χ0v) is 11.2. The summed E-state index contributed by atoms with van der Waals surface area (Å²) >= 11 is 0. The van der Waals surface area contributed by atoms with Crippen molar-refractivity contribution in [1.82, 2.24) is 9.29 Å². The number of aliphatic hydroxyl groups excluding tert-OH is 1. The van der Waals surface area contributed by atoms with Crippen LogP contribution in [0.5, 0.6) is 0 Å². The first kappa shape index (κ1) is 15.6. The molecule has 19 heavy (non-hydrogen) atoms. The molecule has 1 aromatic rings. The second kappa shape index (κ2) is 6.66. The summed E-state index contributed by atoms with van der Waals surface area (Å²) in [5.74, 6) is -1.24. The van der Waals surface area contributed by atoms with Gasteiger partial charge in [-0.3, -0.25) is 0 Å². The van der Waals surface area contributed by atoms with Crippen molar-refractivity contribution in [1.29, 1.82) is 0 Å². The molecule has 9 heteroatoms. The number of sulfonamides is 1. The van der Waals surface area contributed by atoms with E-state index < -0.39 is 16.0 Å². The van der Waals surface area contributed by atoms with Crippen molar-refractivity contribution in [3.05, 3.63) is 18.0 Å². The van der Waals surface area contributed by atoms with Crippen LogP contribution in [0.3, 0.4) is 0 Å². The highest BCUT2D eigenvalue weighted by Crippen LogP contribution is 2.16. The van der Waals surface area contributed by atoms with Gasteiger partial charge in [0.15, 0.2) is 0 Å². The molecule has 0 atom stereocenters. The molecule has 0 amide bonds. The van der Waals surface area contributed by atoms with Crippen LogP contribution in [-0.2, 0) is 14.8 Å². The summed E-state index contributed by atoms with van der Waals surface area (Å²) in [4.78, 5) is 12.9. The van der Waals surface area contributed by atoms with Gasteiger partial charge in [0.1, 0.15) is 10.6 Å². The summed E-state index contributed by atoms with van der Waals surface area (Å²) in [5.41, 5.74) is -0.214. The number of nitrogens with one attached hydrogen (secondary N) is 1. The van der Waals surface area contributed by atoms with Crippen LogP contribution in [0.1, 0.15) is 10.5 Å². The highest BCUT2D eigenvalue weighted by atomic mass is 32.2. The first-order valence-electron chi connectivity index (χ1n) is 5.45. The molecule has 108 valence electrons. The van der Waals surface area contributed by atoms with E-state index in [4.69, 9.17) is 14.9 Å². The minimum atomic E-state index is -3.85. The molecule has 0 bridgehead atoms. The predicted octanol–water partition coefficient (Wildman–Crippen LogP) is -0.658. The lowest BCUT2D eigenvalue weighted by Gasteiger charge is -2.19. The van der Waals surface area contributed by atoms with Gasteiger partial charge >= 0.3 is 5.97 Å². The van der Waals surface area contributed by atoms with E-state index in [9.17, 15) is 13.2 Å². The average molecular weight is 292 g/mol. The normalized spacial score (nSPS) is 11.9. The number of nitrogens with zero attached hydrogens (tertiary/aromatic N) is 1. The Labute approximate surface area is 110 Å². The lowest BCUT2D eigenvalue weighted by molar-refractivity contribution is 0.0691. The number of carbonyl (C=O) groups is 1. The lowest BCUT2D eigenvalue weighted by atomic mass is 10.4. The minimum absolute atomic E-state index is 0.0764. The summed E-state index contributed by atoms with van der Waals surface area (Å²) in [7, 11) is -2.42. The smallest absolute Gasteiger partial charge is 0.352 e. The van der Waals surface area contributed by atoms with Crippen molar-refractivity contribution in [3.8, 4) is 0 Å². The van der Waals surface area contributed by atoms with Gasteiger partial charge in [0.2, 0.25) is 10.0 Å². The Balaban J connectivity index is 3.00. The maximum atomic E-state index is 12.2. The fourth-order valence-corrected chi connectivity index (χ4v) is 2.86. The molecule has 0 radical (unpaired) electrons. The summed E-state index contributed by atoms with van der Waals surface area (Å²) < 4.78 is 30.3. The summed E-state index contributed by atoms with van der Waals surface area (Å²) in [6.07, 6.45) is 1.11. The molecule has 3 N–H and O–H groups in total. The van der Waals surface area contributed by atoms with Crippen molar-refractivity contribution >= 4 is 16.0 Å². The van der Waals surface area contributed by atoms with E-state index in [1.807, 2.05) is 0 Å². The van der Waals surface area contributed by atoms with Gasteiger partial charge in [-0.1, -0.05) is 0 Å². The van der Waals surface area contributed by atoms with Crippen LogP contribution in [-0.4, -0.2) is 67.3 Å². The Bertz CT molecular complexity index is 524. The van der Waals surface area contributed by atoms with Crippen LogP contribution in [0.25, 0.3) is 0 Å². The molecule has 1 aromatic heterocycles. The molecule has 8 nitrogen and oxygen atoms in total. The van der Waals surface area contributed by atoms with E-state index in [2.05, 4.69) is 4.98 Å². The number of carboxylic acids is 1. The fourth-order valence-electron chi connectivity index (χ4n) is 1.45. The number of rotatable bonds is 8. The quantitative estimate of drug-likeness (QED) is 0.585. The molecule has 0 spiro atoms. The third-order valence-electron chi connectivity index (χ3n) is 2.42. The number of methoxy groups -OCH3 is 1. The molecule has 1 heterocycles. The Kier molecular flexibility index (Phi) is 5.48. The van der Waals surface area contributed by atoms with E-state index in [0.717, 1.165) is 16.6 Å². The highest BCUT2D eigenvalue weighted by Gasteiger charge is 2.25. The van der Waals surface area contributed by atoms with Crippen molar-refractivity contribution < 1.29 is 28.2 Å². The Morgan fingerprint density at radius 3 is 2.63 bits per heavy atom. The van der Waals surface area contributed by atoms with E-state index in [-0.39, 0.29) is 36.9 Å². The first-order chi connectivity index (χ1) is 8.93. The van der Waals surface area contributed by atoms with Gasteiger partial charge in [-0.25, -0.2) is 13.2 Å². The van der Waals surface area contributed by atoms with Crippen LogP contribution in [0.4, 0.5) is 0 Å². The van der Waals surface area contributed by atoms with Crippen molar-refractivity contribution in [2.24, 2.45) is 0 Å². The minimum Gasteiger partial charge on any atom is -0.477 e. The third kappa shape index (κ3) is 3.77. The predicted molar refractivity (Wildman–Crippen MR) is 65.5 cm³/mol. The molecule has 0 saturated carbocycles. The lowest BCUT2D eigenvalue weighted by Crippen LogP contribution is -2.36. The van der Waals surface area contributed by atoms with Gasteiger partial charge in [0, 0.05) is 26.4 Å². The number of carboxylic acid groups (broad SMARTS) is 1. The standard InChI is InChI=1S/C10H16N2O6S/c1-18-5-3-12(2-4-13)19(16,17)8-6-9(10(14)15)11-7-8/h6-7,11,13H,2-5H2,1H3,(H,14,15). The number of aliphatic hydroxyl groups is 1. The highest BCUT2D eigenvalue weighted by molar-refractivity contribution is 7.89. The molecule has 0 aliphatic carbocycles. The van der Waals surface area contributed by atoms with Crippen LogP contribution in [0.2, 0.25) is 0 Å². The second-order valence-corrected chi connectivity index (χ2v) is 5.61. The first-order valence-corrected chi connectivity index (χ1v) is 6.89. The van der Waals surface area contributed by atoms with Crippen LogP contribution < -0.4 is 0 Å². The monoisotopic (exact) mass is 292 g/mol. The van der Waals surface area contributed by atoms with Crippen LogP contribution >= 0.6 is 0 Å². The van der Waals surface area contributed by atoms with E-state index in [0.29, 0.717) is 0 Å². The van der Waals surface area contributed by atoms with Gasteiger partial charge in [-0.2, -0.15) is 4.31 Å². The number of H-pyrrole nitrogens is 1. The van der Waals surface area contributed by atoms with Crippen molar-refractivity contribution in [3.63, 3.8) is 0 Å². The fraction of sp³-hybridized carbons (Fsp3) is 0.500. The zero-order chi connectivity index (χ0) is 14.5. The van der Waals surface area contributed by atoms with Gasteiger partial charge in [-0.15, -0.1) is 0 Å². The second-order valence-electron chi connectivity index (χ2n) is 3.67. The number of aromatic carboxylic acids is 1. The van der Waals surface area contributed by atoms with E-state index >= 15 is 0 Å². The van der Waals surface area contributed by atoms with Crippen molar-refractivity contribution in [2.75, 3.05) is 33.4 Å². The number of ether oxygens (including phenoxy) is 1. The molecule has 0 fully saturated rings. The molecule has 0 aliphatic heterocycles. The molecule has 0 aliphatic rings. The number of hydrogen-bond acceptors (Lipinski definition) is 5. The van der Waals surface area contributed by atoms with Gasteiger partial charge in [0.05, 0.1) is 13.2 Å². The Morgan fingerprint density at radius 1 is 1.47 bits per heavy atom. The van der Waals surface area contributed by atoms with Crippen LogP contribution in [0.15, 0.2) is 17.2 Å². The maximum Gasteiger partial charge on any atom is 0.352 e. The SMILES string of the molecule is COCCN(CCO)S(=O)(=O)c1c[nH]c(C(=O)O)c1. The number of hydrogen-bond donors (Lipinski definition) is 3. The molecular weight excluding hydrogens is 276 g/mol. The summed E-state index contributed by atoms with van der Waals surface area (Å²) in [6, 6.07) is 1.04. The zero-order valence-electron chi connectivity index (χ0n) is 10.4. The number of aromatic amines is 1. The molecule has 0 aromatic carbocycles. The molecule has 1 rings (SSSR count). The summed E-state index contributed by atoms with van der Waals surface area (Å²) in [6.45, 7) is -0.166. The molecule has 0 saturated heterocycles. The van der Waals surface area contributed by atoms with Crippen molar-refractivity contribution in [2.45, 2.75) is 4.90 Å². The average Bonchev–Trinajstić information content (AvgIpc) is 2.84. The molecular formula is C10H16N2O6S. The van der Waals surface area contributed by atoms with Crippen LogP contribution in [0, 0.1) is 0 Å². The molecule has 0 unspecified atom stereocenters. The Morgan fingerprint density at radius 2 is 2.16 bits per heavy atom. The van der Waals surface area contributed by atoms with Gasteiger partial charge in [0.25, 0.3) is 0 Å². The summed E-state index contributed by atoms with van der Waals surface area (Å²) in [5, 5.41) is 17.6. The van der Waals surface area contributed by atoms with E-state index in [1.165, 1.54) is 7.11 Å². The van der Waals surface area contributed by atoms with Gasteiger partial charge in [-0.05, 0) is 6.07 Å². The third-order valence-corrected chi connectivity index (χ3v) is 4.30. The Hall–Kier alpha value is -1.42. The largest absolute Gasteiger partial charge is 0.477 e. The number of aromatic nitrogens is 1.